The average molecular weight is 308 g/mol. The van der Waals surface area contributed by atoms with E-state index < -0.39 is 5.82 Å². The van der Waals surface area contributed by atoms with Gasteiger partial charge in [0.15, 0.2) is 0 Å². The van der Waals surface area contributed by atoms with E-state index in [2.05, 4.69) is 6.92 Å². The Morgan fingerprint density at radius 1 is 1.24 bits per heavy atom. The molecule has 2 aromatic rings. The number of rotatable bonds is 6. The SMILES string of the molecule is CCC(N)Cc1cccc(OCc2cccc(Cl)c2F)c1. The number of benzene rings is 2. The van der Waals surface area contributed by atoms with Crippen molar-refractivity contribution in [2.45, 2.75) is 32.4 Å². The van der Waals surface area contributed by atoms with E-state index in [1.165, 1.54) is 6.07 Å². The zero-order valence-electron chi connectivity index (χ0n) is 12.0. The molecule has 2 nitrogen and oxygen atoms in total. The molecule has 0 bridgehead atoms. The molecule has 0 aliphatic carbocycles. The molecule has 112 valence electrons. The van der Waals surface area contributed by atoms with Crippen LogP contribution in [0.1, 0.15) is 24.5 Å². The summed E-state index contributed by atoms with van der Waals surface area (Å²) < 4.78 is 19.4. The Balaban J connectivity index is 2.03. The van der Waals surface area contributed by atoms with E-state index in [0.29, 0.717) is 11.3 Å². The van der Waals surface area contributed by atoms with Crippen molar-refractivity contribution in [3.8, 4) is 5.75 Å². The Labute approximate surface area is 129 Å². The maximum absolute atomic E-state index is 13.8. The van der Waals surface area contributed by atoms with E-state index in [4.69, 9.17) is 22.1 Å². The molecule has 0 aliphatic heterocycles. The van der Waals surface area contributed by atoms with Crippen LogP contribution < -0.4 is 10.5 Å². The van der Waals surface area contributed by atoms with Crippen molar-refractivity contribution in [1.82, 2.24) is 0 Å². The maximum Gasteiger partial charge on any atom is 0.148 e. The number of nitrogens with two attached hydrogens (primary N) is 1. The molecular formula is C17H19ClFNO. The summed E-state index contributed by atoms with van der Waals surface area (Å²) in [5.74, 6) is 0.276. The number of halogens is 2. The highest BCUT2D eigenvalue weighted by Crippen LogP contribution is 2.21. The predicted molar refractivity (Wildman–Crippen MR) is 84.2 cm³/mol. The van der Waals surface area contributed by atoms with Crippen molar-refractivity contribution < 1.29 is 9.13 Å². The fourth-order valence-electron chi connectivity index (χ4n) is 2.03. The summed E-state index contributed by atoms with van der Waals surface area (Å²) in [5, 5.41) is 0.110. The lowest BCUT2D eigenvalue weighted by molar-refractivity contribution is 0.299. The first kappa shape index (κ1) is 15.8. The van der Waals surface area contributed by atoms with Gasteiger partial charge in [0.2, 0.25) is 0 Å². The minimum atomic E-state index is -0.427. The molecule has 4 heteroatoms. The molecule has 2 aromatic carbocycles. The van der Waals surface area contributed by atoms with Crippen LogP contribution >= 0.6 is 11.6 Å². The van der Waals surface area contributed by atoms with Crippen molar-refractivity contribution in [1.29, 1.82) is 0 Å². The fourth-order valence-corrected chi connectivity index (χ4v) is 2.22. The van der Waals surface area contributed by atoms with Gasteiger partial charge < -0.3 is 10.5 Å². The summed E-state index contributed by atoms with van der Waals surface area (Å²) in [7, 11) is 0. The third kappa shape index (κ3) is 4.45. The van der Waals surface area contributed by atoms with Crippen molar-refractivity contribution in [2.75, 3.05) is 0 Å². The lowest BCUT2D eigenvalue weighted by atomic mass is 10.0. The van der Waals surface area contributed by atoms with Gasteiger partial charge in [0.25, 0.3) is 0 Å². The van der Waals surface area contributed by atoms with Gasteiger partial charge in [-0.25, -0.2) is 4.39 Å². The third-order valence-electron chi connectivity index (χ3n) is 3.35. The van der Waals surface area contributed by atoms with Crippen LogP contribution in [-0.4, -0.2) is 6.04 Å². The minimum absolute atomic E-state index is 0.110. The van der Waals surface area contributed by atoms with E-state index >= 15 is 0 Å². The number of hydrogen-bond acceptors (Lipinski definition) is 2. The fraction of sp³-hybridized carbons (Fsp3) is 0.294. The predicted octanol–water partition coefficient (Wildman–Crippen LogP) is 4.34. The van der Waals surface area contributed by atoms with Gasteiger partial charge in [-0.1, -0.05) is 42.8 Å². The van der Waals surface area contributed by atoms with Gasteiger partial charge in [0.1, 0.15) is 18.2 Å². The second-order valence-electron chi connectivity index (χ2n) is 5.02. The van der Waals surface area contributed by atoms with E-state index in [0.717, 1.165) is 18.4 Å². The molecule has 21 heavy (non-hydrogen) atoms. The summed E-state index contributed by atoms with van der Waals surface area (Å²) in [6.07, 6.45) is 1.73. The minimum Gasteiger partial charge on any atom is -0.489 e. The summed E-state index contributed by atoms with van der Waals surface area (Å²) in [4.78, 5) is 0. The van der Waals surface area contributed by atoms with Crippen LogP contribution in [-0.2, 0) is 13.0 Å². The van der Waals surface area contributed by atoms with Gasteiger partial charge in [-0.2, -0.15) is 0 Å². The maximum atomic E-state index is 13.8. The monoisotopic (exact) mass is 307 g/mol. The molecule has 2 rings (SSSR count). The highest BCUT2D eigenvalue weighted by atomic mass is 35.5. The molecule has 0 amide bonds. The first-order valence-electron chi connectivity index (χ1n) is 7.00. The highest BCUT2D eigenvalue weighted by Gasteiger charge is 2.07. The standard InChI is InChI=1S/C17H19ClFNO/c1-2-14(20)9-12-5-3-7-15(10-12)21-11-13-6-4-8-16(18)17(13)19/h3-8,10,14H,2,9,11,20H2,1H3. The molecule has 0 saturated carbocycles. The highest BCUT2D eigenvalue weighted by molar-refractivity contribution is 6.30. The van der Waals surface area contributed by atoms with Crippen molar-refractivity contribution in [2.24, 2.45) is 5.73 Å². The van der Waals surface area contributed by atoms with E-state index in [-0.39, 0.29) is 17.7 Å². The number of ether oxygens (including phenoxy) is 1. The topological polar surface area (TPSA) is 35.2 Å². The molecule has 1 atom stereocenters. The molecule has 0 aliphatic rings. The molecule has 0 heterocycles. The Bertz CT molecular complexity index is 603. The molecule has 0 aromatic heterocycles. The van der Waals surface area contributed by atoms with Crippen molar-refractivity contribution in [3.05, 3.63) is 64.4 Å². The Kier molecular flexibility index (Phi) is 5.59. The molecule has 2 N–H and O–H groups in total. The summed E-state index contributed by atoms with van der Waals surface area (Å²) in [6, 6.07) is 12.8. The average Bonchev–Trinajstić information content (AvgIpc) is 2.49. The lowest BCUT2D eigenvalue weighted by Crippen LogP contribution is -2.21. The largest absolute Gasteiger partial charge is 0.489 e. The van der Waals surface area contributed by atoms with Gasteiger partial charge in [0.05, 0.1) is 5.02 Å². The van der Waals surface area contributed by atoms with Crippen LogP contribution in [0.15, 0.2) is 42.5 Å². The van der Waals surface area contributed by atoms with E-state index in [9.17, 15) is 4.39 Å². The molecule has 0 fully saturated rings. The second kappa shape index (κ2) is 7.43. The first-order valence-corrected chi connectivity index (χ1v) is 7.38. The normalized spacial score (nSPS) is 12.2. The molecule has 0 radical (unpaired) electrons. The molecule has 1 unspecified atom stereocenters. The van der Waals surface area contributed by atoms with Gasteiger partial charge in [-0.3, -0.25) is 0 Å². The Morgan fingerprint density at radius 2 is 2.00 bits per heavy atom. The third-order valence-corrected chi connectivity index (χ3v) is 3.64. The zero-order chi connectivity index (χ0) is 15.2. The molecule has 0 spiro atoms. The molecule has 0 saturated heterocycles. The van der Waals surface area contributed by atoms with Crippen molar-refractivity contribution >= 4 is 11.6 Å². The lowest BCUT2D eigenvalue weighted by Gasteiger charge is -2.11. The van der Waals surface area contributed by atoms with Gasteiger partial charge in [-0.15, -0.1) is 0 Å². The van der Waals surface area contributed by atoms with Crippen LogP contribution in [0.25, 0.3) is 0 Å². The summed E-state index contributed by atoms with van der Waals surface area (Å²) in [5.41, 5.74) is 7.51. The van der Waals surface area contributed by atoms with Crippen LogP contribution in [0.2, 0.25) is 5.02 Å². The summed E-state index contributed by atoms with van der Waals surface area (Å²) >= 11 is 5.75. The smallest absolute Gasteiger partial charge is 0.148 e. The first-order chi connectivity index (χ1) is 10.1. The quantitative estimate of drug-likeness (QED) is 0.861. The van der Waals surface area contributed by atoms with Crippen LogP contribution in [0.5, 0.6) is 5.75 Å². The molecular weight excluding hydrogens is 289 g/mol. The Morgan fingerprint density at radius 3 is 2.76 bits per heavy atom. The summed E-state index contributed by atoms with van der Waals surface area (Å²) in [6.45, 7) is 2.21. The van der Waals surface area contributed by atoms with Gasteiger partial charge in [0, 0.05) is 11.6 Å². The van der Waals surface area contributed by atoms with Crippen LogP contribution in [0, 0.1) is 5.82 Å². The van der Waals surface area contributed by atoms with E-state index in [1.807, 2.05) is 24.3 Å². The second-order valence-corrected chi connectivity index (χ2v) is 5.43. The van der Waals surface area contributed by atoms with Gasteiger partial charge in [-0.05, 0) is 36.6 Å². The number of hydrogen-bond donors (Lipinski definition) is 1. The van der Waals surface area contributed by atoms with Gasteiger partial charge >= 0.3 is 0 Å². The van der Waals surface area contributed by atoms with Crippen molar-refractivity contribution in [3.63, 3.8) is 0 Å². The Hall–Kier alpha value is -1.58. The van der Waals surface area contributed by atoms with E-state index in [1.54, 1.807) is 12.1 Å². The van der Waals surface area contributed by atoms with Crippen LogP contribution in [0.3, 0.4) is 0 Å². The van der Waals surface area contributed by atoms with Crippen LogP contribution in [0.4, 0.5) is 4.39 Å². The zero-order valence-corrected chi connectivity index (χ0v) is 12.7.